The number of aryl methyl sites for hydroxylation is 1. The molecule has 0 aliphatic rings. The minimum atomic E-state index is 0.381. The first-order chi connectivity index (χ1) is 8.85. The second-order valence-corrected chi connectivity index (χ2v) is 5.40. The van der Waals surface area contributed by atoms with Gasteiger partial charge in [-0.3, -0.25) is 0 Å². The Balaban J connectivity index is 2.14. The van der Waals surface area contributed by atoms with E-state index in [1.54, 1.807) is 6.26 Å². The molecule has 18 heavy (non-hydrogen) atoms. The van der Waals surface area contributed by atoms with Crippen molar-refractivity contribution >= 4 is 11.3 Å². The third-order valence-corrected chi connectivity index (χ3v) is 4.18. The average molecular weight is 263 g/mol. The van der Waals surface area contributed by atoms with Gasteiger partial charge in [0.2, 0.25) is 0 Å². The van der Waals surface area contributed by atoms with Crippen molar-refractivity contribution in [3.8, 4) is 0 Å². The number of hydrogen-bond donors (Lipinski definition) is 1. The Hall–Kier alpha value is -1.06. The van der Waals surface area contributed by atoms with Gasteiger partial charge in [0.25, 0.3) is 0 Å². The molecular weight excluding hydrogens is 242 g/mol. The first-order valence-corrected chi connectivity index (χ1v) is 7.55. The van der Waals surface area contributed by atoms with Crippen LogP contribution in [0, 0.1) is 0 Å². The summed E-state index contributed by atoms with van der Waals surface area (Å²) >= 11 is 1.85. The SMILES string of the molecule is CCCNC(Cc1ccco1)c1sccc1CC. The predicted molar refractivity (Wildman–Crippen MR) is 77.1 cm³/mol. The molecule has 98 valence electrons. The van der Waals surface area contributed by atoms with Gasteiger partial charge in [-0.1, -0.05) is 13.8 Å². The summed E-state index contributed by atoms with van der Waals surface area (Å²) in [5, 5.41) is 5.83. The Morgan fingerprint density at radius 1 is 1.33 bits per heavy atom. The number of thiophene rings is 1. The van der Waals surface area contributed by atoms with E-state index in [2.05, 4.69) is 36.7 Å². The first kappa shape index (κ1) is 13.4. The highest BCUT2D eigenvalue weighted by Crippen LogP contribution is 2.28. The second kappa shape index (κ2) is 6.76. The number of rotatable bonds is 7. The fourth-order valence-electron chi connectivity index (χ4n) is 2.15. The second-order valence-electron chi connectivity index (χ2n) is 4.45. The highest BCUT2D eigenvalue weighted by Gasteiger charge is 2.17. The highest BCUT2D eigenvalue weighted by atomic mass is 32.1. The van der Waals surface area contributed by atoms with Gasteiger partial charge in [-0.15, -0.1) is 11.3 Å². The van der Waals surface area contributed by atoms with E-state index in [1.807, 2.05) is 17.4 Å². The molecule has 2 nitrogen and oxygen atoms in total. The largest absolute Gasteiger partial charge is 0.469 e. The van der Waals surface area contributed by atoms with Crippen LogP contribution in [0.2, 0.25) is 0 Å². The molecule has 2 heterocycles. The Labute approximate surface area is 113 Å². The fourth-order valence-corrected chi connectivity index (χ4v) is 3.22. The lowest BCUT2D eigenvalue weighted by Crippen LogP contribution is -2.24. The van der Waals surface area contributed by atoms with Gasteiger partial charge in [0.1, 0.15) is 5.76 Å². The minimum Gasteiger partial charge on any atom is -0.469 e. The van der Waals surface area contributed by atoms with Crippen molar-refractivity contribution in [2.75, 3.05) is 6.54 Å². The van der Waals surface area contributed by atoms with Crippen molar-refractivity contribution < 1.29 is 4.42 Å². The summed E-state index contributed by atoms with van der Waals surface area (Å²) in [6.07, 6.45) is 4.94. The zero-order chi connectivity index (χ0) is 12.8. The zero-order valence-corrected chi connectivity index (χ0v) is 11.9. The van der Waals surface area contributed by atoms with Gasteiger partial charge in [-0.05, 0) is 48.5 Å². The Bertz CT molecular complexity index is 447. The molecule has 0 amide bonds. The summed E-state index contributed by atoms with van der Waals surface area (Å²) in [7, 11) is 0. The van der Waals surface area contributed by atoms with Crippen molar-refractivity contribution in [2.45, 2.75) is 39.2 Å². The van der Waals surface area contributed by atoms with Crippen LogP contribution in [0.4, 0.5) is 0 Å². The summed E-state index contributed by atoms with van der Waals surface area (Å²) in [6.45, 7) is 5.47. The van der Waals surface area contributed by atoms with E-state index >= 15 is 0 Å². The van der Waals surface area contributed by atoms with Crippen LogP contribution in [0.3, 0.4) is 0 Å². The Morgan fingerprint density at radius 3 is 2.89 bits per heavy atom. The molecule has 0 bridgehead atoms. The summed E-state index contributed by atoms with van der Waals surface area (Å²) in [5.74, 6) is 1.05. The van der Waals surface area contributed by atoms with E-state index < -0.39 is 0 Å². The van der Waals surface area contributed by atoms with E-state index in [0.29, 0.717) is 6.04 Å². The van der Waals surface area contributed by atoms with Crippen LogP contribution in [0.15, 0.2) is 34.3 Å². The van der Waals surface area contributed by atoms with Crippen molar-refractivity contribution in [1.29, 1.82) is 0 Å². The Kier molecular flexibility index (Phi) is 5.02. The van der Waals surface area contributed by atoms with Crippen LogP contribution in [-0.4, -0.2) is 6.54 Å². The molecule has 0 aromatic carbocycles. The Morgan fingerprint density at radius 2 is 2.22 bits per heavy atom. The summed E-state index contributed by atoms with van der Waals surface area (Å²) in [6, 6.07) is 6.63. The van der Waals surface area contributed by atoms with Crippen LogP contribution in [0.25, 0.3) is 0 Å². The van der Waals surface area contributed by atoms with E-state index in [-0.39, 0.29) is 0 Å². The lowest BCUT2D eigenvalue weighted by molar-refractivity contribution is 0.451. The smallest absolute Gasteiger partial charge is 0.105 e. The van der Waals surface area contributed by atoms with E-state index in [4.69, 9.17) is 4.42 Å². The zero-order valence-electron chi connectivity index (χ0n) is 11.1. The van der Waals surface area contributed by atoms with Crippen LogP contribution in [-0.2, 0) is 12.8 Å². The molecule has 0 radical (unpaired) electrons. The maximum atomic E-state index is 5.48. The highest BCUT2D eigenvalue weighted by molar-refractivity contribution is 7.10. The standard InChI is InChI=1S/C15H21NOS/c1-3-8-16-14(11-13-6-5-9-17-13)15-12(4-2)7-10-18-15/h5-7,9-10,14,16H,3-4,8,11H2,1-2H3. The minimum absolute atomic E-state index is 0.381. The van der Waals surface area contributed by atoms with Crippen molar-refractivity contribution in [1.82, 2.24) is 5.32 Å². The third kappa shape index (κ3) is 3.24. The predicted octanol–water partition coefficient (Wildman–Crippen LogP) is 4.19. The summed E-state index contributed by atoms with van der Waals surface area (Å²) in [5.41, 5.74) is 1.46. The molecule has 1 unspecified atom stereocenters. The van der Waals surface area contributed by atoms with E-state index in [9.17, 15) is 0 Å². The maximum absolute atomic E-state index is 5.48. The quantitative estimate of drug-likeness (QED) is 0.810. The van der Waals surface area contributed by atoms with Gasteiger partial charge >= 0.3 is 0 Å². The van der Waals surface area contributed by atoms with Crippen LogP contribution < -0.4 is 5.32 Å². The van der Waals surface area contributed by atoms with Gasteiger partial charge in [-0.25, -0.2) is 0 Å². The molecule has 0 aliphatic heterocycles. The van der Waals surface area contributed by atoms with Gasteiger partial charge in [0, 0.05) is 17.3 Å². The lowest BCUT2D eigenvalue weighted by atomic mass is 10.1. The number of hydrogen-bond acceptors (Lipinski definition) is 3. The lowest BCUT2D eigenvalue weighted by Gasteiger charge is -2.17. The molecule has 0 aliphatic carbocycles. The summed E-state index contributed by atoms with van der Waals surface area (Å²) < 4.78 is 5.48. The maximum Gasteiger partial charge on any atom is 0.105 e. The molecule has 0 spiro atoms. The molecule has 2 aromatic rings. The molecular formula is C15H21NOS. The van der Waals surface area contributed by atoms with Gasteiger partial charge in [0.05, 0.1) is 6.26 Å². The van der Waals surface area contributed by atoms with Gasteiger partial charge < -0.3 is 9.73 Å². The molecule has 2 rings (SSSR count). The van der Waals surface area contributed by atoms with Gasteiger partial charge in [0.15, 0.2) is 0 Å². The summed E-state index contributed by atoms with van der Waals surface area (Å²) in [4.78, 5) is 1.46. The topological polar surface area (TPSA) is 25.2 Å². The normalized spacial score (nSPS) is 12.8. The molecule has 3 heteroatoms. The van der Waals surface area contributed by atoms with Crippen molar-refractivity contribution in [2.24, 2.45) is 0 Å². The molecule has 0 saturated heterocycles. The van der Waals surface area contributed by atoms with Crippen molar-refractivity contribution in [3.05, 3.63) is 46.0 Å². The van der Waals surface area contributed by atoms with Gasteiger partial charge in [-0.2, -0.15) is 0 Å². The molecule has 0 fully saturated rings. The molecule has 1 N–H and O–H groups in total. The molecule has 1 atom stereocenters. The van der Waals surface area contributed by atoms with E-state index in [0.717, 1.165) is 31.6 Å². The third-order valence-electron chi connectivity index (χ3n) is 3.10. The number of nitrogens with one attached hydrogen (secondary N) is 1. The monoisotopic (exact) mass is 263 g/mol. The fraction of sp³-hybridized carbons (Fsp3) is 0.467. The van der Waals surface area contributed by atoms with Crippen LogP contribution in [0.1, 0.15) is 42.5 Å². The molecule has 2 aromatic heterocycles. The van der Waals surface area contributed by atoms with Crippen molar-refractivity contribution in [3.63, 3.8) is 0 Å². The molecule has 0 saturated carbocycles. The van der Waals surface area contributed by atoms with Crippen LogP contribution in [0.5, 0.6) is 0 Å². The van der Waals surface area contributed by atoms with E-state index in [1.165, 1.54) is 10.4 Å². The first-order valence-electron chi connectivity index (χ1n) is 6.67. The van der Waals surface area contributed by atoms with Crippen LogP contribution >= 0.6 is 11.3 Å². The average Bonchev–Trinajstić information content (AvgIpc) is 3.04. The number of furan rings is 1.